The summed E-state index contributed by atoms with van der Waals surface area (Å²) in [5.74, 6) is -2.19. The molecule has 0 heterocycles. The molecule has 0 bridgehead atoms. The SMILES string of the molecule is CCCC(NC(=O)c1cc(F)ccc1F)C(N)=S. The molecule has 0 aliphatic carbocycles. The third-order valence-electron chi connectivity index (χ3n) is 2.40. The summed E-state index contributed by atoms with van der Waals surface area (Å²) >= 11 is 4.80. The molecule has 0 radical (unpaired) electrons. The minimum absolute atomic E-state index is 0.127. The summed E-state index contributed by atoms with van der Waals surface area (Å²) in [5.41, 5.74) is 5.11. The van der Waals surface area contributed by atoms with Gasteiger partial charge in [-0.1, -0.05) is 25.6 Å². The van der Waals surface area contributed by atoms with Crippen LogP contribution in [0, 0.1) is 11.6 Å². The third kappa shape index (κ3) is 3.73. The van der Waals surface area contributed by atoms with Gasteiger partial charge in [0, 0.05) is 0 Å². The molecule has 1 atom stereocenters. The number of hydrogen-bond donors (Lipinski definition) is 2. The topological polar surface area (TPSA) is 55.1 Å². The summed E-state index contributed by atoms with van der Waals surface area (Å²) in [7, 11) is 0. The number of benzene rings is 1. The molecule has 0 spiro atoms. The highest BCUT2D eigenvalue weighted by atomic mass is 32.1. The van der Waals surface area contributed by atoms with Crippen molar-refractivity contribution in [1.82, 2.24) is 5.32 Å². The maximum Gasteiger partial charge on any atom is 0.254 e. The van der Waals surface area contributed by atoms with Crippen LogP contribution < -0.4 is 11.1 Å². The fourth-order valence-electron chi connectivity index (χ4n) is 1.48. The average Bonchev–Trinajstić information content (AvgIpc) is 2.31. The zero-order valence-electron chi connectivity index (χ0n) is 9.87. The number of nitrogens with one attached hydrogen (secondary N) is 1. The van der Waals surface area contributed by atoms with E-state index in [4.69, 9.17) is 18.0 Å². The first-order chi connectivity index (χ1) is 8.45. The van der Waals surface area contributed by atoms with E-state index in [1.165, 1.54) is 0 Å². The van der Waals surface area contributed by atoms with Crippen LogP contribution in [0.1, 0.15) is 30.1 Å². The van der Waals surface area contributed by atoms with E-state index in [-0.39, 0.29) is 10.6 Å². The van der Waals surface area contributed by atoms with Crippen molar-refractivity contribution >= 4 is 23.1 Å². The Labute approximate surface area is 109 Å². The van der Waals surface area contributed by atoms with Crippen LogP contribution in [-0.4, -0.2) is 16.9 Å². The molecular weight excluding hydrogens is 258 g/mol. The molecule has 0 aliphatic rings. The van der Waals surface area contributed by atoms with E-state index >= 15 is 0 Å². The summed E-state index contributed by atoms with van der Waals surface area (Å²) in [4.78, 5) is 11.9. The van der Waals surface area contributed by atoms with Gasteiger partial charge in [0.05, 0.1) is 16.6 Å². The summed E-state index contributed by atoms with van der Waals surface area (Å²) in [6.45, 7) is 1.90. The number of carbonyl (C=O) groups excluding carboxylic acids is 1. The molecule has 98 valence electrons. The van der Waals surface area contributed by atoms with Gasteiger partial charge in [-0.25, -0.2) is 8.78 Å². The number of nitrogens with two attached hydrogens (primary N) is 1. The van der Waals surface area contributed by atoms with Crippen LogP contribution >= 0.6 is 12.2 Å². The lowest BCUT2D eigenvalue weighted by atomic mass is 10.1. The smallest absolute Gasteiger partial charge is 0.254 e. The maximum atomic E-state index is 13.4. The van der Waals surface area contributed by atoms with E-state index in [9.17, 15) is 13.6 Å². The Morgan fingerprint density at radius 2 is 2.17 bits per heavy atom. The van der Waals surface area contributed by atoms with E-state index in [1.54, 1.807) is 0 Å². The van der Waals surface area contributed by atoms with Crippen molar-refractivity contribution in [3.05, 3.63) is 35.4 Å². The second-order valence-electron chi connectivity index (χ2n) is 3.84. The Morgan fingerprint density at radius 1 is 1.50 bits per heavy atom. The van der Waals surface area contributed by atoms with E-state index < -0.39 is 23.6 Å². The first-order valence-electron chi connectivity index (χ1n) is 5.51. The van der Waals surface area contributed by atoms with Gasteiger partial charge in [0.2, 0.25) is 0 Å². The largest absolute Gasteiger partial charge is 0.392 e. The molecule has 0 saturated heterocycles. The van der Waals surface area contributed by atoms with E-state index in [2.05, 4.69) is 5.32 Å². The number of thiocarbonyl (C=S) groups is 1. The van der Waals surface area contributed by atoms with Crippen molar-refractivity contribution in [1.29, 1.82) is 0 Å². The normalized spacial score (nSPS) is 11.9. The predicted molar refractivity (Wildman–Crippen MR) is 69.3 cm³/mol. The average molecular weight is 272 g/mol. The Balaban J connectivity index is 2.86. The zero-order chi connectivity index (χ0) is 13.7. The van der Waals surface area contributed by atoms with Gasteiger partial charge in [-0.3, -0.25) is 4.79 Å². The molecule has 0 aliphatic heterocycles. The highest BCUT2D eigenvalue weighted by molar-refractivity contribution is 7.80. The summed E-state index contributed by atoms with van der Waals surface area (Å²) in [6.07, 6.45) is 1.31. The van der Waals surface area contributed by atoms with Gasteiger partial charge >= 0.3 is 0 Å². The van der Waals surface area contributed by atoms with Crippen LogP contribution in [0.5, 0.6) is 0 Å². The fraction of sp³-hybridized carbons (Fsp3) is 0.333. The van der Waals surface area contributed by atoms with Crippen LogP contribution in [-0.2, 0) is 0 Å². The van der Waals surface area contributed by atoms with Crippen LogP contribution in [0.4, 0.5) is 8.78 Å². The van der Waals surface area contributed by atoms with Crippen LogP contribution in [0.2, 0.25) is 0 Å². The lowest BCUT2D eigenvalue weighted by Gasteiger charge is -2.16. The van der Waals surface area contributed by atoms with Gasteiger partial charge < -0.3 is 11.1 Å². The number of rotatable bonds is 5. The molecule has 0 saturated carbocycles. The second-order valence-corrected chi connectivity index (χ2v) is 4.31. The molecule has 1 aromatic rings. The van der Waals surface area contributed by atoms with Gasteiger partial charge in [-0.05, 0) is 24.6 Å². The summed E-state index contributed by atoms with van der Waals surface area (Å²) < 4.78 is 26.3. The molecular formula is C12H14F2N2OS. The number of hydrogen-bond acceptors (Lipinski definition) is 2. The quantitative estimate of drug-likeness (QED) is 0.808. The van der Waals surface area contributed by atoms with E-state index in [0.717, 1.165) is 24.6 Å². The number of amides is 1. The fourth-order valence-corrected chi connectivity index (χ4v) is 1.66. The predicted octanol–water partition coefficient (Wildman–Crippen LogP) is 2.15. The van der Waals surface area contributed by atoms with E-state index in [1.807, 2.05) is 6.92 Å². The molecule has 18 heavy (non-hydrogen) atoms. The number of halogens is 2. The molecule has 1 amide bonds. The van der Waals surface area contributed by atoms with Crippen molar-refractivity contribution in [2.24, 2.45) is 5.73 Å². The highest BCUT2D eigenvalue weighted by Crippen LogP contribution is 2.10. The van der Waals surface area contributed by atoms with Crippen molar-refractivity contribution in [2.75, 3.05) is 0 Å². The molecule has 0 fully saturated rings. The molecule has 1 unspecified atom stereocenters. The zero-order valence-corrected chi connectivity index (χ0v) is 10.7. The molecule has 1 rings (SSSR count). The van der Waals surface area contributed by atoms with Gasteiger partial charge in [0.1, 0.15) is 11.6 Å². The van der Waals surface area contributed by atoms with Gasteiger partial charge in [-0.15, -0.1) is 0 Å². The minimum atomic E-state index is -0.785. The molecule has 3 nitrogen and oxygen atoms in total. The molecule has 6 heteroatoms. The van der Waals surface area contributed by atoms with E-state index in [0.29, 0.717) is 6.42 Å². The van der Waals surface area contributed by atoms with Gasteiger partial charge in [0.15, 0.2) is 0 Å². The Morgan fingerprint density at radius 3 is 2.72 bits per heavy atom. The summed E-state index contributed by atoms with van der Waals surface area (Å²) in [6, 6.07) is 2.18. The molecule has 0 aromatic heterocycles. The minimum Gasteiger partial charge on any atom is -0.392 e. The molecule has 3 N–H and O–H groups in total. The monoisotopic (exact) mass is 272 g/mol. The van der Waals surface area contributed by atoms with Gasteiger partial charge in [0.25, 0.3) is 5.91 Å². The Bertz CT molecular complexity index is 465. The van der Waals surface area contributed by atoms with Crippen LogP contribution in [0.15, 0.2) is 18.2 Å². The number of carbonyl (C=O) groups is 1. The first-order valence-corrected chi connectivity index (χ1v) is 5.91. The second kappa shape index (κ2) is 6.39. The van der Waals surface area contributed by atoms with Crippen LogP contribution in [0.25, 0.3) is 0 Å². The summed E-state index contributed by atoms with van der Waals surface area (Å²) in [5, 5.41) is 2.49. The lowest BCUT2D eigenvalue weighted by molar-refractivity contribution is 0.0941. The highest BCUT2D eigenvalue weighted by Gasteiger charge is 2.18. The Hall–Kier alpha value is -1.56. The van der Waals surface area contributed by atoms with Gasteiger partial charge in [-0.2, -0.15) is 0 Å². The van der Waals surface area contributed by atoms with Crippen molar-refractivity contribution in [2.45, 2.75) is 25.8 Å². The lowest BCUT2D eigenvalue weighted by Crippen LogP contribution is -2.43. The Kier molecular flexibility index (Phi) is 5.15. The standard InChI is InChI=1S/C12H14F2N2OS/c1-2-3-10(11(15)18)16-12(17)8-6-7(13)4-5-9(8)14/h4-6,10H,2-3H2,1H3,(H2,15,18)(H,16,17). The van der Waals surface area contributed by atoms with Crippen molar-refractivity contribution < 1.29 is 13.6 Å². The third-order valence-corrected chi connectivity index (χ3v) is 2.68. The van der Waals surface area contributed by atoms with Crippen molar-refractivity contribution in [3.63, 3.8) is 0 Å². The maximum absolute atomic E-state index is 13.4. The first kappa shape index (κ1) is 14.5. The van der Waals surface area contributed by atoms with Crippen LogP contribution in [0.3, 0.4) is 0 Å². The molecule has 1 aromatic carbocycles. The van der Waals surface area contributed by atoms with Crippen molar-refractivity contribution in [3.8, 4) is 0 Å².